The van der Waals surface area contributed by atoms with Crippen molar-refractivity contribution in [2.45, 2.75) is 9.79 Å². The molecule has 0 spiro atoms. The average Bonchev–Trinajstić information content (AvgIpc) is 2.40. The summed E-state index contributed by atoms with van der Waals surface area (Å²) in [6.45, 7) is 0. The van der Waals surface area contributed by atoms with Crippen molar-refractivity contribution in [1.82, 2.24) is 0 Å². The Morgan fingerprint density at radius 2 is 1.12 bits per heavy atom. The summed E-state index contributed by atoms with van der Waals surface area (Å²) < 4.78 is 0. The van der Waals surface area contributed by atoms with E-state index >= 15 is 0 Å². The molecule has 0 aliphatic carbocycles. The summed E-state index contributed by atoms with van der Waals surface area (Å²) >= 11 is 1.44. The Kier molecular flexibility index (Phi) is 3.87. The molecule has 2 rings (SSSR count). The molecule has 88 valence electrons. The highest BCUT2D eigenvalue weighted by atomic mass is 32.2. The van der Waals surface area contributed by atoms with Crippen LogP contribution in [0, 0.1) is 0 Å². The number of benzene rings is 2. The van der Waals surface area contributed by atoms with Crippen LogP contribution >= 0.6 is 11.8 Å². The zero-order valence-corrected chi connectivity index (χ0v) is 9.74. The van der Waals surface area contributed by atoms with E-state index in [1.807, 2.05) is 36.4 Å². The molecular formula is C12H12N2O2S. The fraction of sp³-hybridized carbons (Fsp3) is 0. The van der Waals surface area contributed by atoms with Crippen LogP contribution in [0.5, 0.6) is 0 Å². The topological polar surface area (TPSA) is 64.5 Å². The summed E-state index contributed by atoms with van der Waals surface area (Å²) in [5, 5.41) is 18.0. The number of para-hydroxylation sites is 2. The predicted octanol–water partition coefficient (Wildman–Crippen LogP) is 3.44. The molecule has 2 aromatic carbocycles. The second-order valence-electron chi connectivity index (χ2n) is 3.32. The molecule has 4 nitrogen and oxygen atoms in total. The van der Waals surface area contributed by atoms with Crippen molar-refractivity contribution in [3.63, 3.8) is 0 Å². The summed E-state index contributed by atoms with van der Waals surface area (Å²) in [7, 11) is 0. The van der Waals surface area contributed by atoms with Crippen LogP contribution in [0.25, 0.3) is 0 Å². The van der Waals surface area contributed by atoms with Crippen LogP contribution in [-0.2, 0) is 0 Å². The summed E-state index contributed by atoms with van der Waals surface area (Å²) in [4.78, 5) is 1.75. The van der Waals surface area contributed by atoms with E-state index in [0.717, 1.165) is 9.79 Å². The Morgan fingerprint density at radius 1 is 0.706 bits per heavy atom. The number of hydrogen-bond acceptors (Lipinski definition) is 5. The third-order valence-electron chi connectivity index (χ3n) is 2.23. The Bertz CT molecular complexity index is 460. The van der Waals surface area contributed by atoms with Crippen LogP contribution in [0.3, 0.4) is 0 Å². The Labute approximate surface area is 103 Å². The van der Waals surface area contributed by atoms with Crippen LogP contribution in [0.15, 0.2) is 58.3 Å². The first-order valence-electron chi connectivity index (χ1n) is 5.01. The predicted molar refractivity (Wildman–Crippen MR) is 67.8 cm³/mol. The first-order chi connectivity index (χ1) is 8.35. The van der Waals surface area contributed by atoms with Gasteiger partial charge in [0, 0.05) is 9.79 Å². The summed E-state index contributed by atoms with van der Waals surface area (Å²) in [5.74, 6) is 0. The summed E-state index contributed by atoms with van der Waals surface area (Å²) in [6.07, 6.45) is 0. The van der Waals surface area contributed by atoms with E-state index in [-0.39, 0.29) is 0 Å². The second-order valence-corrected chi connectivity index (χ2v) is 4.40. The zero-order chi connectivity index (χ0) is 12.1. The highest BCUT2D eigenvalue weighted by Crippen LogP contribution is 2.36. The van der Waals surface area contributed by atoms with Crippen molar-refractivity contribution in [3.8, 4) is 0 Å². The highest BCUT2D eigenvalue weighted by Gasteiger charge is 2.06. The van der Waals surface area contributed by atoms with Gasteiger partial charge in [-0.2, -0.15) is 0 Å². The lowest BCUT2D eigenvalue weighted by Crippen LogP contribution is -1.93. The molecule has 0 saturated heterocycles. The maximum Gasteiger partial charge on any atom is 0.0741 e. The molecule has 17 heavy (non-hydrogen) atoms. The minimum Gasteiger partial charge on any atom is -0.291 e. The van der Waals surface area contributed by atoms with Crippen LogP contribution in [0.4, 0.5) is 11.4 Å². The number of hydrogen-bond donors (Lipinski definition) is 4. The maximum absolute atomic E-state index is 8.99. The molecule has 0 amide bonds. The van der Waals surface area contributed by atoms with Crippen LogP contribution in [-0.4, -0.2) is 10.4 Å². The molecule has 2 aromatic rings. The van der Waals surface area contributed by atoms with Crippen LogP contribution in [0.1, 0.15) is 0 Å². The van der Waals surface area contributed by atoms with Gasteiger partial charge in [-0.3, -0.25) is 21.4 Å². The normalized spacial score (nSPS) is 10.0. The van der Waals surface area contributed by atoms with Crippen molar-refractivity contribution in [2.24, 2.45) is 0 Å². The van der Waals surface area contributed by atoms with Crippen molar-refractivity contribution < 1.29 is 10.4 Å². The molecule has 0 atom stereocenters. The van der Waals surface area contributed by atoms with Crippen LogP contribution < -0.4 is 11.0 Å². The number of nitrogens with one attached hydrogen (secondary N) is 2. The van der Waals surface area contributed by atoms with Crippen molar-refractivity contribution in [1.29, 1.82) is 0 Å². The fourth-order valence-electron chi connectivity index (χ4n) is 1.41. The third kappa shape index (κ3) is 2.71. The maximum atomic E-state index is 8.99. The average molecular weight is 248 g/mol. The minimum atomic E-state index is 0.630. The Morgan fingerprint density at radius 3 is 1.53 bits per heavy atom. The molecule has 0 heterocycles. The molecule has 0 bridgehead atoms. The summed E-state index contributed by atoms with van der Waals surface area (Å²) in [5.41, 5.74) is 5.56. The van der Waals surface area contributed by atoms with Crippen molar-refractivity contribution in [3.05, 3.63) is 48.5 Å². The van der Waals surface area contributed by atoms with Crippen LogP contribution in [0.2, 0.25) is 0 Å². The SMILES string of the molecule is ONc1ccccc1Sc1ccccc1NO. The summed E-state index contributed by atoms with van der Waals surface area (Å²) in [6, 6.07) is 14.8. The first-order valence-corrected chi connectivity index (χ1v) is 5.83. The third-order valence-corrected chi connectivity index (χ3v) is 3.39. The molecule has 0 unspecified atom stereocenters. The van der Waals surface area contributed by atoms with Gasteiger partial charge in [0.05, 0.1) is 11.4 Å². The lowest BCUT2D eigenvalue weighted by Gasteiger charge is -2.10. The van der Waals surface area contributed by atoms with Gasteiger partial charge >= 0.3 is 0 Å². The van der Waals surface area contributed by atoms with Gasteiger partial charge in [0.25, 0.3) is 0 Å². The second kappa shape index (κ2) is 5.58. The van der Waals surface area contributed by atoms with Gasteiger partial charge in [0.1, 0.15) is 0 Å². The molecule has 0 radical (unpaired) electrons. The molecule has 0 aromatic heterocycles. The largest absolute Gasteiger partial charge is 0.291 e. The van der Waals surface area contributed by atoms with Gasteiger partial charge in [0.15, 0.2) is 0 Å². The van der Waals surface area contributed by atoms with Gasteiger partial charge in [-0.1, -0.05) is 36.0 Å². The molecule has 0 fully saturated rings. The van der Waals surface area contributed by atoms with Gasteiger partial charge in [0.2, 0.25) is 0 Å². The first kappa shape index (κ1) is 11.8. The highest BCUT2D eigenvalue weighted by molar-refractivity contribution is 7.99. The quantitative estimate of drug-likeness (QED) is 0.624. The van der Waals surface area contributed by atoms with Crippen molar-refractivity contribution in [2.75, 3.05) is 11.0 Å². The standard InChI is InChI=1S/C12H12N2O2S/c15-13-9-5-1-3-7-11(9)17-12-8-4-2-6-10(12)14-16/h1-8,13-16H. The lowest BCUT2D eigenvalue weighted by molar-refractivity contribution is 0.387. The Balaban J connectivity index is 2.31. The molecule has 0 saturated carbocycles. The van der Waals surface area contributed by atoms with E-state index in [1.54, 1.807) is 12.1 Å². The van der Waals surface area contributed by atoms with E-state index < -0.39 is 0 Å². The monoisotopic (exact) mass is 248 g/mol. The zero-order valence-electron chi connectivity index (χ0n) is 8.92. The molecule has 4 N–H and O–H groups in total. The molecule has 0 aliphatic heterocycles. The minimum absolute atomic E-state index is 0.630. The van der Waals surface area contributed by atoms with E-state index in [9.17, 15) is 0 Å². The van der Waals surface area contributed by atoms with Gasteiger partial charge < -0.3 is 0 Å². The van der Waals surface area contributed by atoms with E-state index in [0.29, 0.717) is 11.4 Å². The Hall–Kier alpha value is -1.69. The fourth-order valence-corrected chi connectivity index (χ4v) is 2.39. The lowest BCUT2D eigenvalue weighted by atomic mass is 10.3. The molecule has 5 heteroatoms. The van der Waals surface area contributed by atoms with Gasteiger partial charge in [-0.25, -0.2) is 0 Å². The van der Waals surface area contributed by atoms with E-state index in [1.165, 1.54) is 11.8 Å². The van der Waals surface area contributed by atoms with Crippen molar-refractivity contribution >= 4 is 23.1 Å². The van der Waals surface area contributed by atoms with E-state index in [2.05, 4.69) is 11.0 Å². The smallest absolute Gasteiger partial charge is 0.0741 e. The van der Waals surface area contributed by atoms with E-state index in [4.69, 9.17) is 10.4 Å². The number of rotatable bonds is 4. The molecule has 0 aliphatic rings. The van der Waals surface area contributed by atoms with Gasteiger partial charge in [-0.05, 0) is 24.3 Å². The number of anilines is 2. The molecular weight excluding hydrogens is 236 g/mol. The van der Waals surface area contributed by atoms with Gasteiger partial charge in [-0.15, -0.1) is 0 Å².